The van der Waals surface area contributed by atoms with Crippen molar-refractivity contribution < 1.29 is 28.2 Å². The van der Waals surface area contributed by atoms with E-state index < -0.39 is 18.0 Å². The smallest absolute Gasteiger partial charge is 0.311 e. The van der Waals surface area contributed by atoms with Crippen LogP contribution < -0.4 is 14.8 Å². The molecule has 7 nitrogen and oxygen atoms in total. The summed E-state index contributed by atoms with van der Waals surface area (Å²) < 4.78 is 22.0. The van der Waals surface area contributed by atoms with E-state index >= 15 is 0 Å². The third-order valence-electron chi connectivity index (χ3n) is 5.36. The Kier molecular flexibility index (Phi) is 5.15. The highest BCUT2D eigenvalue weighted by molar-refractivity contribution is 6.08. The van der Waals surface area contributed by atoms with Crippen molar-refractivity contribution in [2.75, 3.05) is 18.5 Å². The van der Waals surface area contributed by atoms with Gasteiger partial charge in [-0.15, -0.1) is 0 Å². The number of carbonyl (C=O) groups excluding carboxylic acids is 2. The first-order valence-electron chi connectivity index (χ1n) is 10.4. The number of anilines is 1. The average Bonchev–Trinajstić information content (AvgIpc) is 3.22. The first-order chi connectivity index (χ1) is 15.6. The van der Waals surface area contributed by atoms with Gasteiger partial charge in [0.25, 0.3) is 5.91 Å². The van der Waals surface area contributed by atoms with Crippen molar-refractivity contribution in [1.29, 1.82) is 0 Å². The highest BCUT2D eigenvalue weighted by Crippen LogP contribution is 2.33. The maximum atomic E-state index is 12.6. The van der Waals surface area contributed by atoms with Crippen LogP contribution in [0.5, 0.6) is 11.5 Å². The van der Waals surface area contributed by atoms with Crippen molar-refractivity contribution >= 4 is 39.3 Å². The summed E-state index contributed by atoms with van der Waals surface area (Å²) >= 11 is 0. The number of esters is 1. The number of benzene rings is 3. The van der Waals surface area contributed by atoms with Gasteiger partial charge in [-0.25, -0.2) is 0 Å². The van der Waals surface area contributed by atoms with Crippen LogP contribution in [0.2, 0.25) is 0 Å². The van der Waals surface area contributed by atoms with Gasteiger partial charge in [0, 0.05) is 22.7 Å². The first kappa shape index (κ1) is 19.9. The molecule has 1 aliphatic rings. The molecule has 3 aromatic carbocycles. The van der Waals surface area contributed by atoms with Crippen LogP contribution in [0, 0.1) is 0 Å². The summed E-state index contributed by atoms with van der Waals surface area (Å²) in [5.74, 6) is 0.259. The molecule has 7 heteroatoms. The van der Waals surface area contributed by atoms with Crippen molar-refractivity contribution in [3.63, 3.8) is 0 Å². The van der Waals surface area contributed by atoms with Crippen LogP contribution in [0.4, 0.5) is 5.69 Å². The molecule has 1 unspecified atom stereocenters. The standard InChI is InChI=1S/C25H21NO6/c1-15(25(28)26-18-7-9-20-22(13-18)30-11-10-29-20)32-23(27)12-17-14-31-21-8-6-16-4-2-3-5-19(16)24(17)21/h2-9,13-15H,10-12H2,1H3,(H,26,28). The van der Waals surface area contributed by atoms with Crippen LogP contribution in [0.1, 0.15) is 12.5 Å². The van der Waals surface area contributed by atoms with E-state index in [1.165, 1.54) is 6.92 Å². The molecule has 1 aliphatic heterocycles. The number of hydrogen-bond acceptors (Lipinski definition) is 6. The van der Waals surface area contributed by atoms with Gasteiger partial charge in [0.2, 0.25) is 0 Å². The normalized spacial score (nSPS) is 13.7. The molecule has 4 aromatic rings. The fraction of sp³-hybridized carbons (Fsp3) is 0.200. The molecule has 162 valence electrons. The highest BCUT2D eigenvalue weighted by atomic mass is 16.6. The molecule has 0 aliphatic carbocycles. The second kappa shape index (κ2) is 8.26. The zero-order valence-corrected chi connectivity index (χ0v) is 17.4. The van der Waals surface area contributed by atoms with Gasteiger partial charge in [-0.3, -0.25) is 9.59 Å². The number of furan rings is 1. The van der Waals surface area contributed by atoms with Crippen LogP contribution in [0.25, 0.3) is 21.7 Å². The van der Waals surface area contributed by atoms with E-state index in [0.29, 0.717) is 36.0 Å². The van der Waals surface area contributed by atoms with Gasteiger partial charge in [-0.05, 0) is 35.9 Å². The highest BCUT2D eigenvalue weighted by Gasteiger charge is 2.21. The fourth-order valence-corrected chi connectivity index (χ4v) is 3.82. The monoisotopic (exact) mass is 431 g/mol. The predicted octanol–water partition coefficient (Wildman–Crippen LogP) is 4.47. The largest absolute Gasteiger partial charge is 0.486 e. The SMILES string of the molecule is CC(OC(=O)Cc1coc2ccc3ccccc3c12)C(=O)Nc1ccc2c(c1)OCCO2. The Morgan fingerprint density at radius 2 is 1.84 bits per heavy atom. The minimum absolute atomic E-state index is 0.00263. The molecule has 1 aromatic heterocycles. The number of rotatable bonds is 5. The van der Waals surface area contributed by atoms with E-state index in [0.717, 1.165) is 21.7 Å². The summed E-state index contributed by atoms with van der Waals surface area (Å²) in [7, 11) is 0. The number of hydrogen-bond donors (Lipinski definition) is 1. The van der Waals surface area contributed by atoms with Crippen LogP contribution in [0.15, 0.2) is 65.3 Å². The van der Waals surface area contributed by atoms with Crippen LogP contribution >= 0.6 is 0 Å². The third kappa shape index (κ3) is 3.85. The van der Waals surface area contributed by atoms with Crippen LogP contribution in [0.3, 0.4) is 0 Å². The Morgan fingerprint density at radius 1 is 1.03 bits per heavy atom. The molecule has 0 fully saturated rings. The number of nitrogens with one attached hydrogen (secondary N) is 1. The lowest BCUT2D eigenvalue weighted by Gasteiger charge is -2.19. The summed E-state index contributed by atoms with van der Waals surface area (Å²) in [4.78, 5) is 25.1. The van der Waals surface area contributed by atoms with Crippen LogP contribution in [-0.4, -0.2) is 31.2 Å². The van der Waals surface area contributed by atoms with Crippen molar-refractivity contribution in [2.24, 2.45) is 0 Å². The summed E-state index contributed by atoms with van der Waals surface area (Å²) in [6.07, 6.45) is 0.603. The lowest BCUT2D eigenvalue weighted by atomic mass is 10.0. The van der Waals surface area contributed by atoms with Crippen molar-refractivity contribution in [2.45, 2.75) is 19.4 Å². The van der Waals surface area contributed by atoms with Gasteiger partial charge in [0.15, 0.2) is 17.6 Å². The van der Waals surface area contributed by atoms with E-state index in [-0.39, 0.29) is 6.42 Å². The van der Waals surface area contributed by atoms with Gasteiger partial charge < -0.3 is 23.9 Å². The van der Waals surface area contributed by atoms with Crippen molar-refractivity contribution in [3.8, 4) is 11.5 Å². The molecule has 32 heavy (non-hydrogen) atoms. The van der Waals surface area contributed by atoms with E-state index in [1.807, 2.05) is 36.4 Å². The summed E-state index contributed by atoms with van der Waals surface area (Å²) in [6, 6.07) is 16.9. The first-order valence-corrected chi connectivity index (χ1v) is 10.4. The van der Waals surface area contributed by atoms with Crippen LogP contribution in [-0.2, 0) is 20.7 Å². The lowest BCUT2D eigenvalue weighted by molar-refractivity contribution is -0.152. The van der Waals surface area contributed by atoms with Crippen molar-refractivity contribution in [1.82, 2.24) is 0 Å². The van der Waals surface area contributed by atoms with Gasteiger partial charge >= 0.3 is 5.97 Å². The molecular formula is C25H21NO6. The number of amides is 1. The molecule has 1 atom stereocenters. The molecule has 0 bridgehead atoms. The maximum Gasteiger partial charge on any atom is 0.311 e. The van der Waals surface area contributed by atoms with Crippen molar-refractivity contribution in [3.05, 3.63) is 66.4 Å². The molecule has 1 amide bonds. The number of fused-ring (bicyclic) bond motifs is 4. The number of ether oxygens (including phenoxy) is 3. The summed E-state index contributed by atoms with van der Waals surface area (Å²) in [5, 5.41) is 5.69. The van der Waals surface area contributed by atoms with E-state index in [2.05, 4.69) is 5.32 Å². The predicted molar refractivity (Wildman–Crippen MR) is 119 cm³/mol. The molecule has 2 heterocycles. The lowest BCUT2D eigenvalue weighted by Crippen LogP contribution is -2.30. The summed E-state index contributed by atoms with van der Waals surface area (Å²) in [5.41, 5.74) is 1.96. The fourth-order valence-electron chi connectivity index (χ4n) is 3.82. The Hall–Kier alpha value is -4.00. The Labute approximate surface area is 183 Å². The molecule has 0 spiro atoms. The molecule has 5 rings (SSSR count). The molecular weight excluding hydrogens is 410 g/mol. The Balaban J connectivity index is 1.26. The maximum absolute atomic E-state index is 12.6. The second-order valence-electron chi connectivity index (χ2n) is 7.58. The third-order valence-corrected chi connectivity index (χ3v) is 5.36. The number of carbonyl (C=O) groups is 2. The topological polar surface area (TPSA) is 87.0 Å². The van der Waals surface area contributed by atoms with E-state index in [1.54, 1.807) is 24.5 Å². The minimum atomic E-state index is -0.967. The molecule has 0 saturated carbocycles. The Bertz CT molecular complexity index is 1320. The zero-order valence-electron chi connectivity index (χ0n) is 17.4. The zero-order chi connectivity index (χ0) is 22.1. The Morgan fingerprint density at radius 3 is 2.72 bits per heavy atom. The minimum Gasteiger partial charge on any atom is -0.486 e. The summed E-state index contributed by atoms with van der Waals surface area (Å²) in [6.45, 7) is 2.48. The van der Waals surface area contributed by atoms with E-state index in [9.17, 15) is 9.59 Å². The van der Waals surface area contributed by atoms with Gasteiger partial charge in [0.1, 0.15) is 18.8 Å². The van der Waals surface area contributed by atoms with Gasteiger partial charge in [0.05, 0.1) is 12.7 Å². The van der Waals surface area contributed by atoms with Gasteiger partial charge in [-0.1, -0.05) is 30.3 Å². The second-order valence-corrected chi connectivity index (χ2v) is 7.58. The quantitative estimate of drug-likeness (QED) is 0.469. The molecule has 0 radical (unpaired) electrons. The van der Waals surface area contributed by atoms with Gasteiger partial charge in [-0.2, -0.15) is 0 Å². The molecule has 1 N–H and O–H groups in total. The van der Waals surface area contributed by atoms with E-state index in [4.69, 9.17) is 18.6 Å². The molecule has 0 saturated heterocycles. The average molecular weight is 431 g/mol.